The fourth-order valence-electron chi connectivity index (χ4n) is 1.15. The van der Waals surface area contributed by atoms with E-state index in [1.165, 1.54) is 4.88 Å². The molecule has 0 fully saturated rings. The fraction of sp³-hybridized carbons (Fsp3) is 0.600. The molecule has 74 valence electrons. The summed E-state index contributed by atoms with van der Waals surface area (Å²) in [5.74, 6) is 0. The molecule has 0 amide bonds. The number of nitrogens with one attached hydrogen (secondary N) is 1. The molecule has 2 atom stereocenters. The molecule has 0 bridgehead atoms. The minimum Gasteiger partial charge on any atom is -0.393 e. The normalized spacial score (nSPS) is 15.6. The van der Waals surface area contributed by atoms with Gasteiger partial charge < -0.3 is 10.4 Å². The molecule has 0 saturated carbocycles. The summed E-state index contributed by atoms with van der Waals surface area (Å²) >= 11 is 1.76. The molecule has 1 rings (SSSR count). The molecule has 0 aromatic carbocycles. The molecule has 3 heteroatoms. The summed E-state index contributed by atoms with van der Waals surface area (Å²) in [6.07, 6.45) is 0.610. The van der Waals surface area contributed by atoms with Gasteiger partial charge in [-0.05, 0) is 38.3 Å². The Morgan fingerprint density at radius 2 is 2.31 bits per heavy atom. The van der Waals surface area contributed by atoms with Crippen molar-refractivity contribution in [2.24, 2.45) is 0 Å². The lowest BCUT2D eigenvalue weighted by Gasteiger charge is -2.12. The van der Waals surface area contributed by atoms with Gasteiger partial charge in [-0.2, -0.15) is 0 Å². The van der Waals surface area contributed by atoms with Crippen molar-refractivity contribution >= 4 is 11.3 Å². The van der Waals surface area contributed by atoms with E-state index >= 15 is 0 Å². The molecule has 0 unspecified atom stereocenters. The minimum absolute atomic E-state index is 0.206. The van der Waals surface area contributed by atoms with Crippen LogP contribution in [0.4, 0.5) is 0 Å². The quantitative estimate of drug-likeness (QED) is 0.761. The Bertz CT molecular complexity index is 221. The molecule has 1 aromatic rings. The van der Waals surface area contributed by atoms with Crippen molar-refractivity contribution in [1.82, 2.24) is 5.32 Å². The van der Waals surface area contributed by atoms with Crippen LogP contribution < -0.4 is 5.32 Å². The van der Waals surface area contributed by atoms with E-state index in [0.29, 0.717) is 6.04 Å². The number of rotatable bonds is 5. The van der Waals surface area contributed by atoms with Gasteiger partial charge in [0.1, 0.15) is 0 Å². The average Bonchev–Trinajstić information content (AvgIpc) is 2.55. The highest BCUT2D eigenvalue weighted by Gasteiger charge is 2.05. The van der Waals surface area contributed by atoms with E-state index in [-0.39, 0.29) is 6.10 Å². The average molecular weight is 199 g/mol. The Morgan fingerprint density at radius 3 is 2.85 bits per heavy atom. The zero-order chi connectivity index (χ0) is 9.68. The number of hydrogen-bond donors (Lipinski definition) is 2. The van der Waals surface area contributed by atoms with Crippen LogP contribution in [0.25, 0.3) is 0 Å². The van der Waals surface area contributed by atoms with Gasteiger partial charge >= 0.3 is 0 Å². The van der Waals surface area contributed by atoms with Gasteiger partial charge in [-0.15, -0.1) is 11.3 Å². The summed E-state index contributed by atoms with van der Waals surface area (Å²) in [6, 6.07) is 4.59. The predicted octanol–water partition coefficient (Wildman–Crippen LogP) is 2.17. The van der Waals surface area contributed by atoms with E-state index in [9.17, 15) is 0 Å². The third kappa shape index (κ3) is 3.89. The first-order chi connectivity index (χ1) is 6.20. The first-order valence-corrected chi connectivity index (χ1v) is 5.53. The Balaban J connectivity index is 2.22. The van der Waals surface area contributed by atoms with Crippen LogP contribution in [0.1, 0.15) is 31.2 Å². The lowest BCUT2D eigenvalue weighted by molar-refractivity contribution is 0.182. The topological polar surface area (TPSA) is 32.3 Å². The summed E-state index contributed by atoms with van der Waals surface area (Å²) in [5, 5.41) is 14.5. The Hall–Kier alpha value is -0.380. The zero-order valence-electron chi connectivity index (χ0n) is 8.16. The van der Waals surface area contributed by atoms with Crippen LogP contribution >= 0.6 is 11.3 Å². The highest BCUT2D eigenvalue weighted by atomic mass is 32.1. The molecule has 0 saturated heterocycles. The van der Waals surface area contributed by atoms with E-state index in [1.807, 2.05) is 6.92 Å². The summed E-state index contributed by atoms with van der Waals surface area (Å²) in [5.41, 5.74) is 0. The van der Waals surface area contributed by atoms with Gasteiger partial charge in [0.2, 0.25) is 0 Å². The monoisotopic (exact) mass is 199 g/mol. The number of hydrogen-bond acceptors (Lipinski definition) is 3. The Kier molecular flexibility index (Phi) is 4.42. The Labute approximate surface area is 83.6 Å². The zero-order valence-corrected chi connectivity index (χ0v) is 8.97. The Morgan fingerprint density at radius 1 is 1.54 bits per heavy atom. The lowest BCUT2D eigenvalue weighted by atomic mass is 10.2. The highest BCUT2D eigenvalue weighted by Crippen LogP contribution is 2.17. The van der Waals surface area contributed by atoms with Gasteiger partial charge in [0.25, 0.3) is 0 Å². The number of aliphatic hydroxyl groups is 1. The maximum Gasteiger partial charge on any atom is 0.0524 e. The second-order valence-corrected chi connectivity index (χ2v) is 4.31. The van der Waals surface area contributed by atoms with Crippen molar-refractivity contribution in [3.63, 3.8) is 0 Å². The highest BCUT2D eigenvalue weighted by molar-refractivity contribution is 7.10. The smallest absolute Gasteiger partial charge is 0.0524 e. The van der Waals surface area contributed by atoms with Crippen LogP contribution in [-0.2, 0) is 0 Å². The van der Waals surface area contributed by atoms with Crippen LogP contribution in [0.15, 0.2) is 17.5 Å². The van der Waals surface area contributed by atoms with E-state index in [1.54, 1.807) is 11.3 Å². The predicted molar refractivity (Wildman–Crippen MR) is 57.0 cm³/mol. The first kappa shape index (κ1) is 10.7. The SMILES string of the molecule is C[C@@H](O)CCN[C@H](C)c1cccs1. The van der Waals surface area contributed by atoms with Gasteiger partial charge in [-0.3, -0.25) is 0 Å². The minimum atomic E-state index is -0.206. The van der Waals surface area contributed by atoms with E-state index in [2.05, 4.69) is 29.8 Å². The molecule has 0 aliphatic carbocycles. The maximum atomic E-state index is 9.06. The molecular weight excluding hydrogens is 182 g/mol. The van der Waals surface area contributed by atoms with Gasteiger partial charge in [0, 0.05) is 10.9 Å². The van der Waals surface area contributed by atoms with Crippen LogP contribution in [0.2, 0.25) is 0 Å². The molecule has 1 heterocycles. The van der Waals surface area contributed by atoms with Crippen LogP contribution in [0.3, 0.4) is 0 Å². The first-order valence-electron chi connectivity index (χ1n) is 4.65. The summed E-state index contributed by atoms with van der Waals surface area (Å²) < 4.78 is 0. The summed E-state index contributed by atoms with van der Waals surface area (Å²) in [7, 11) is 0. The van der Waals surface area contributed by atoms with Gasteiger partial charge in [-0.1, -0.05) is 6.07 Å². The van der Waals surface area contributed by atoms with Crippen molar-refractivity contribution < 1.29 is 5.11 Å². The van der Waals surface area contributed by atoms with E-state index in [4.69, 9.17) is 5.11 Å². The number of aliphatic hydroxyl groups excluding tert-OH is 1. The molecule has 0 aliphatic heterocycles. The lowest BCUT2D eigenvalue weighted by Crippen LogP contribution is -2.21. The number of thiophene rings is 1. The summed E-state index contributed by atoms with van der Waals surface area (Å²) in [6.45, 7) is 4.84. The second-order valence-electron chi connectivity index (χ2n) is 3.33. The fourth-order valence-corrected chi connectivity index (χ4v) is 1.91. The van der Waals surface area contributed by atoms with Gasteiger partial charge in [0.15, 0.2) is 0 Å². The molecule has 2 nitrogen and oxygen atoms in total. The maximum absolute atomic E-state index is 9.06. The third-order valence-corrected chi connectivity index (χ3v) is 3.04. The van der Waals surface area contributed by atoms with Gasteiger partial charge in [-0.25, -0.2) is 0 Å². The van der Waals surface area contributed by atoms with Crippen molar-refractivity contribution in [3.05, 3.63) is 22.4 Å². The standard InChI is InChI=1S/C10H17NOS/c1-8(12)5-6-11-9(2)10-4-3-7-13-10/h3-4,7-9,11-12H,5-6H2,1-2H3/t8-,9-/m1/s1. The summed E-state index contributed by atoms with van der Waals surface area (Å²) in [4.78, 5) is 1.35. The van der Waals surface area contributed by atoms with Crippen LogP contribution in [-0.4, -0.2) is 17.8 Å². The molecule has 0 aliphatic rings. The van der Waals surface area contributed by atoms with Crippen molar-refractivity contribution in [2.75, 3.05) is 6.54 Å². The largest absolute Gasteiger partial charge is 0.393 e. The van der Waals surface area contributed by atoms with Gasteiger partial charge in [0.05, 0.1) is 6.10 Å². The van der Waals surface area contributed by atoms with E-state index < -0.39 is 0 Å². The van der Waals surface area contributed by atoms with Crippen LogP contribution in [0.5, 0.6) is 0 Å². The third-order valence-electron chi connectivity index (χ3n) is 1.98. The van der Waals surface area contributed by atoms with Crippen molar-refractivity contribution in [3.8, 4) is 0 Å². The molecule has 1 aromatic heterocycles. The van der Waals surface area contributed by atoms with Crippen molar-refractivity contribution in [1.29, 1.82) is 0 Å². The second kappa shape index (κ2) is 5.37. The molecule has 2 N–H and O–H groups in total. The molecule has 0 radical (unpaired) electrons. The molecular formula is C10H17NOS. The van der Waals surface area contributed by atoms with E-state index in [0.717, 1.165) is 13.0 Å². The van der Waals surface area contributed by atoms with Crippen LogP contribution in [0, 0.1) is 0 Å². The molecule has 13 heavy (non-hydrogen) atoms. The molecule has 0 spiro atoms. The van der Waals surface area contributed by atoms with Crippen molar-refractivity contribution in [2.45, 2.75) is 32.4 Å².